The lowest BCUT2D eigenvalue weighted by atomic mass is 9.84. The Morgan fingerprint density at radius 2 is 1.91 bits per heavy atom. The molecule has 2 aromatic carbocycles. The average molecular weight is 490 g/mol. The van der Waals surface area contributed by atoms with E-state index in [9.17, 15) is 18.0 Å². The number of nitrogens with zero attached hydrogens (tertiary/aromatic N) is 2. The number of rotatable bonds is 6. The minimum atomic E-state index is -3.89. The molecule has 1 N–H and O–H groups in total. The predicted molar refractivity (Wildman–Crippen MR) is 129 cm³/mol. The van der Waals surface area contributed by atoms with Gasteiger partial charge in [0.05, 0.1) is 22.2 Å². The molecule has 0 saturated heterocycles. The van der Waals surface area contributed by atoms with Gasteiger partial charge >= 0.3 is 0 Å². The van der Waals surface area contributed by atoms with Crippen LogP contribution in [0.25, 0.3) is 0 Å². The third-order valence-electron chi connectivity index (χ3n) is 6.43. The van der Waals surface area contributed by atoms with E-state index in [2.05, 4.69) is 5.32 Å². The predicted octanol–water partition coefficient (Wildman–Crippen LogP) is 3.99. The smallest absolute Gasteiger partial charge is 0.243 e. The lowest BCUT2D eigenvalue weighted by Gasteiger charge is -2.32. The maximum atomic E-state index is 13.1. The van der Waals surface area contributed by atoms with Crippen LogP contribution in [0.5, 0.6) is 0 Å². The third-order valence-corrected chi connectivity index (χ3v) is 8.54. The molecule has 2 aromatic rings. The van der Waals surface area contributed by atoms with Crippen molar-refractivity contribution < 1.29 is 18.0 Å². The summed E-state index contributed by atoms with van der Waals surface area (Å²) in [5.74, 6) is -0.279. The van der Waals surface area contributed by atoms with Crippen molar-refractivity contribution in [3.05, 3.63) is 52.5 Å². The number of anilines is 2. The van der Waals surface area contributed by atoms with Gasteiger partial charge in [-0.1, -0.05) is 24.1 Å². The molecule has 176 valence electrons. The van der Waals surface area contributed by atoms with Crippen molar-refractivity contribution in [2.75, 3.05) is 23.8 Å². The van der Waals surface area contributed by atoms with Crippen molar-refractivity contribution in [3.63, 3.8) is 0 Å². The number of amides is 2. The number of benzene rings is 2. The number of hydrogen-bond donors (Lipinski definition) is 1. The van der Waals surface area contributed by atoms with Crippen molar-refractivity contribution in [3.8, 4) is 0 Å². The molecule has 0 spiro atoms. The summed E-state index contributed by atoms with van der Waals surface area (Å²) in [6.45, 7) is 3.52. The first-order valence-electron chi connectivity index (χ1n) is 11.1. The number of nitrogens with one attached hydrogen (secondary N) is 1. The number of aryl methyl sites for hydroxylation is 1. The van der Waals surface area contributed by atoms with Crippen LogP contribution in [-0.4, -0.2) is 44.2 Å². The monoisotopic (exact) mass is 489 g/mol. The highest BCUT2D eigenvalue weighted by Crippen LogP contribution is 2.38. The summed E-state index contributed by atoms with van der Waals surface area (Å²) in [7, 11) is -2.52. The number of likely N-dealkylation sites (N-methyl/N-ethyl adjacent to an activating group) is 1. The quantitative estimate of drug-likeness (QED) is 0.664. The van der Waals surface area contributed by atoms with E-state index in [1.165, 1.54) is 13.1 Å². The molecule has 1 atom stereocenters. The molecule has 0 aromatic heterocycles. The fourth-order valence-corrected chi connectivity index (χ4v) is 5.79. The molecule has 1 heterocycles. The lowest BCUT2D eigenvalue weighted by molar-refractivity contribution is -0.125. The Morgan fingerprint density at radius 1 is 1.18 bits per heavy atom. The molecular weight excluding hydrogens is 462 g/mol. The highest BCUT2D eigenvalue weighted by atomic mass is 35.5. The summed E-state index contributed by atoms with van der Waals surface area (Å²) in [5, 5.41) is 3.05. The molecule has 1 aliphatic heterocycles. The molecular formula is C24H28ClN3O4S. The van der Waals surface area contributed by atoms with E-state index in [0.717, 1.165) is 40.4 Å². The van der Waals surface area contributed by atoms with Crippen LogP contribution in [0.3, 0.4) is 0 Å². The maximum absolute atomic E-state index is 13.1. The SMILES string of the molecule is Cc1ccc(NC(=O)CN(C)S(=O)(=O)c2ccc3c(c2)C[C@@H](C)N3C(=O)C2CCC2)c(Cl)c1. The van der Waals surface area contributed by atoms with Crippen molar-refractivity contribution in [1.29, 1.82) is 0 Å². The second kappa shape index (κ2) is 9.08. The van der Waals surface area contributed by atoms with E-state index >= 15 is 0 Å². The Labute approximate surface area is 199 Å². The standard InChI is InChI=1S/C24H28ClN3O4S/c1-15-7-9-21(20(25)11-15)26-23(29)14-27(3)33(31,32)19-8-10-22-18(13-19)12-16(2)28(22)24(30)17-5-4-6-17/h7-11,13,16-17H,4-6,12,14H2,1-3H3,(H,26,29)/t16-/m1/s1. The van der Waals surface area contributed by atoms with Gasteiger partial charge in [0.2, 0.25) is 21.8 Å². The van der Waals surface area contributed by atoms with E-state index in [-0.39, 0.29) is 29.3 Å². The van der Waals surface area contributed by atoms with Crippen LogP contribution in [-0.2, 0) is 26.0 Å². The van der Waals surface area contributed by atoms with Crippen molar-refractivity contribution in [1.82, 2.24) is 4.31 Å². The molecule has 4 rings (SSSR count). The highest BCUT2D eigenvalue weighted by Gasteiger charge is 2.37. The second-order valence-corrected chi connectivity index (χ2v) is 11.4. The van der Waals surface area contributed by atoms with Gasteiger partial charge in [-0.3, -0.25) is 9.59 Å². The highest BCUT2D eigenvalue weighted by molar-refractivity contribution is 7.89. The van der Waals surface area contributed by atoms with Gasteiger partial charge in [0.25, 0.3) is 0 Å². The van der Waals surface area contributed by atoms with Gasteiger partial charge in [0.15, 0.2) is 0 Å². The first-order chi connectivity index (χ1) is 15.6. The molecule has 1 fully saturated rings. The van der Waals surface area contributed by atoms with Crippen molar-refractivity contribution in [2.24, 2.45) is 5.92 Å². The third kappa shape index (κ3) is 4.65. The first-order valence-corrected chi connectivity index (χ1v) is 12.9. The zero-order valence-corrected chi connectivity index (χ0v) is 20.5. The van der Waals surface area contributed by atoms with E-state index in [1.807, 2.05) is 24.8 Å². The first kappa shape index (κ1) is 23.7. The molecule has 0 radical (unpaired) electrons. The number of fused-ring (bicyclic) bond motifs is 1. The molecule has 0 bridgehead atoms. The van der Waals surface area contributed by atoms with Crippen LogP contribution in [0.15, 0.2) is 41.3 Å². The number of hydrogen-bond acceptors (Lipinski definition) is 4. The minimum Gasteiger partial charge on any atom is -0.324 e. The molecule has 2 amide bonds. The minimum absolute atomic E-state index is 0.00572. The van der Waals surface area contributed by atoms with Gasteiger partial charge in [0.1, 0.15) is 0 Å². The van der Waals surface area contributed by atoms with Gasteiger partial charge < -0.3 is 10.2 Å². The van der Waals surface area contributed by atoms with Crippen molar-refractivity contribution >= 4 is 44.8 Å². The molecule has 1 aliphatic carbocycles. The normalized spacial score (nSPS) is 18.2. The zero-order chi connectivity index (χ0) is 23.9. The molecule has 0 unspecified atom stereocenters. The molecule has 33 heavy (non-hydrogen) atoms. The molecule has 2 aliphatic rings. The van der Waals surface area contributed by atoms with E-state index in [4.69, 9.17) is 11.6 Å². The lowest BCUT2D eigenvalue weighted by Crippen LogP contribution is -2.42. The van der Waals surface area contributed by atoms with Crippen LogP contribution in [0, 0.1) is 12.8 Å². The molecule has 7 nitrogen and oxygen atoms in total. The Bertz CT molecular complexity index is 1210. The summed E-state index contributed by atoms with van der Waals surface area (Å²) in [4.78, 5) is 27.2. The Balaban J connectivity index is 1.48. The van der Waals surface area contributed by atoms with E-state index in [0.29, 0.717) is 17.1 Å². The summed E-state index contributed by atoms with van der Waals surface area (Å²) in [6, 6.07) is 10.1. The van der Waals surface area contributed by atoms with E-state index in [1.54, 1.807) is 24.3 Å². The summed E-state index contributed by atoms with van der Waals surface area (Å²) >= 11 is 6.15. The molecule has 9 heteroatoms. The topological polar surface area (TPSA) is 86.8 Å². The van der Waals surface area contributed by atoms with Crippen LogP contribution in [0.4, 0.5) is 11.4 Å². The zero-order valence-electron chi connectivity index (χ0n) is 19.0. The summed E-state index contributed by atoms with van der Waals surface area (Å²) < 4.78 is 27.3. The van der Waals surface area contributed by atoms with E-state index < -0.39 is 15.9 Å². The number of carbonyl (C=O) groups is 2. The summed E-state index contributed by atoms with van der Waals surface area (Å²) in [6.07, 6.45) is 3.53. The maximum Gasteiger partial charge on any atom is 0.243 e. The second-order valence-electron chi connectivity index (χ2n) is 8.97. The number of sulfonamides is 1. The largest absolute Gasteiger partial charge is 0.324 e. The van der Waals surface area contributed by atoms with Crippen LogP contribution in [0.2, 0.25) is 5.02 Å². The average Bonchev–Trinajstić information content (AvgIpc) is 3.03. The van der Waals surface area contributed by atoms with Crippen LogP contribution in [0.1, 0.15) is 37.3 Å². The molecule has 1 saturated carbocycles. The van der Waals surface area contributed by atoms with Gasteiger partial charge in [-0.15, -0.1) is 0 Å². The van der Waals surface area contributed by atoms with Gasteiger partial charge in [0, 0.05) is 24.7 Å². The number of carbonyl (C=O) groups excluding carboxylic acids is 2. The Hall–Kier alpha value is -2.42. The van der Waals surface area contributed by atoms with Crippen LogP contribution >= 0.6 is 11.6 Å². The van der Waals surface area contributed by atoms with Crippen molar-refractivity contribution in [2.45, 2.75) is 50.5 Å². The Morgan fingerprint density at radius 3 is 2.55 bits per heavy atom. The number of halogens is 1. The van der Waals surface area contributed by atoms with Gasteiger partial charge in [-0.05, 0) is 74.6 Å². The van der Waals surface area contributed by atoms with Crippen LogP contribution < -0.4 is 10.2 Å². The fourth-order valence-electron chi connectivity index (χ4n) is 4.33. The van der Waals surface area contributed by atoms with Gasteiger partial charge in [-0.25, -0.2) is 8.42 Å². The van der Waals surface area contributed by atoms with Gasteiger partial charge in [-0.2, -0.15) is 4.31 Å². The summed E-state index contributed by atoms with van der Waals surface area (Å²) in [5.41, 5.74) is 3.01. The fraction of sp³-hybridized carbons (Fsp3) is 0.417. The Kier molecular flexibility index (Phi) is 6.53.